The fourth-order valence-corrected chi connectivity index (χ4v) is 6.52. The van der Waals surface area contributed by atoms with Gasteiger partial charge in [0, 0.05) is 24.4 Å². The summed E-state index contributed by atoms with van der Waals surface area (Å²) in [5.41, 5.74) is 13.3. The smallest absolute Gasteiger partial charge is 0.144 e. The SMILES string of the molecule is CC(C)c1cc(C(C)(C)C)cc(-c2nc3c(-c4cc(-c5ccccc5)cc(-c5cc(-c6ccccc6)ccn5)c4)cccc3n2C)c1O. The average molecular weight is 628 g/mol. The summed E-state index contributed by atoms with van der Waals surface area (Å²) in [4.78, 5) is 10.1. The number of nitrogens with zero attached hydrogens (tertiary/aromatic N) is 3. The number of aromatic nitrogens is 3. The van der Waals surface area contributed by atoms with Crippen LogP contribution in [0.4, 0.5) is 0 Å². The third-order valence-electron chi connectivity index (χ3n) is 9.29. The first kappa shape index (κ1) is 31.1. The molecule has 7 aromatic rings. The molecule has 0 unspecified atom stereocenters. The maximum atomic E-state index is 11.6. The second-order valence-electron chi connectivity index (χ2n) is 14.0. The van der Waals surface area contributed by atoms with E-state index < -0.39 is 0 Å². The summed E-state index contributed by atoms with van der Waals surface area (Å²) in [5.74, 6) is 1.22. The number of para-hydroxylation sites is 1. The molecule has 0 atom stereocenters. The number of imidazole rings is 1. The van der Waals surface area contributed by atoms with E-state index >= 15 is 0 Å². The minimum absolute atomic E-state index is 0.0814. The number of hydrogen-bond donors (Lipinski definition) is 1. The largest absolute Gasteiger partial charge is 0.507 e. The Morgan fingerprint density at radius 2 is 1.27 bits per heavy atom. The van der Waals surface area contributed by atoms with Crippen molar-refractivity contribution in [2.45, 2.75) is 46.0 Å². The van der Waals surface area contributed by atoms with E-state index in [1.165, 1.54) is 5.56 Å². The van der Waals surface area contributed by atoms with Gasteiger partial charge in [-0.15, -0.1) is 0 Å². The maximum absolute atomic E-state index is 11.6. The van der Waals surface area contributed by atoms with Crippen LogP contribution in [0.25, 0.3) is 67.1 Å². The Balaban J connectivity index is 1.43. The first-order valence-electron chi connectivity index (χ1n) is 16.6. The van der Waals surface area contributed by atoms with Crippen molar-refractivity contribution in [3.05, 3.63) is 139 Å². The summed E-state index contributed by atoms with van der Waals surface area (Å²) >= 11 is 0. The topological polar surface area (TPSA) is 50.9 Å². The average Bonchev–Trinajstić information content (AvgIpc) is 3.44. The van der Waals surface area contributed by atoms with E-state index in [2.05, 4.69) is 148 Å². The number of benzene rings is 5. The molecule has 0 fully saturated rings. The molecule has 7 rings (SSSR count). The van der Waals surface area contributed by atoms with Crippen molar-refractivity contribution < 1.29 is 5.11 Å². The van der Waals surface area contributed by atoms with Gasteiger partial charge >= 0.3 is 0 Å². The van der Waals surface area contributed by atoms with Crippen LogP contribution in [0, 0.1) is 0 Å². The van der Waals surface area contributed by atoms with Crippen LogP contribution in [0.15, 0.2) is 128 Å². The second-order valence-corrected chi connectivity index (χ2v) is 14.0. The van der Waals surface area contributed by atoms with E-state index in [1.54, 1.807) is 0 Å². The lowest BCUT2D eigenvalue weighted by atomic mass is 9.83. The van der Waals surface area contributed by atoms with Crippen LogP contribution in [0.3, 0.4) is 0 Å². The van der Waals surface area contributed by atoms with Crippen LogP contribution in [0.2, 0.25) is 0 Å². The van der Waals surface area contributed by atoms with E-state index in [-0.39, 0.29) is 11.3 Å². The molecule has 0 amide bonds. The molecule has 4 heteroatoms. The van der Waals surface area contributed by atoms with Crippen molar-refractivity contribution in [3.8, 4) is 61.8 Å². The molecule has 0 aliphatic rings. The summed E-state index contributed by atoms with van der Waals surface area (Å²) < 4.78 is 2.11. The van der Waals surface area contributed by atoms with Crippen molar-refractivity contribution in [2.75, 3.05) is 0 Å². The Labute approximate surface area is 283 Å². The molecule has 48 heavy (non-hydrogen) atoms. The van der Waals surface area contributed by atoms with Gasteiger partial charge in [-0.1, -0.05) is 113 Å². The van der Waals surface area contributed by atoms with E-state index in [9.17, 15) is 5.11 Å². The van der Waals surface area contributed by atoms with E-state index in [0.29, 0.717) is 5.75 Å². The molecule has 2 aromatic heterocycles. The first-order valence-corrected chi connectivity index (χ1v) is 16.6. The number of aryl methyl sites for hydroxylation is 1. The third-order valence-corrected chi connectivity index (χ3v) is 9.29. The lowest BCUT2D eigenvalue weighted by Gasteiger charge is -2.23. The third kappa shape index (κ3) is 5.79. The standard InChI is InChI=1S/C44H41N3O/c1-28(2)37-26-35(44(3,4)5)27-38(42(37)48)43-46-41-36(18-13-19-40(41)47(43)6)33-22-32(30-16-11-8-12-17-30)23-34(24-33)39-25-31(20-21-45-39)29-14-9-7-10-15-29/h7-28,48H,1-6H3. The molecule has 2 heterocycles. The van der Waals surface area contributed by atoms with Gasteiger partial charge in [-0.3, -0.25) is 4.98 Å². The molecule has 4 nitrogen and oxygen atoms in total. The number of rotatable bonds is 6. The summed E-state index contributed by atoms with van der Waals surface area (Å²) in [5, 5.41) is 11.6. The minimum Gasteiger partial charge on any atom is -0.507 e. The minimum atomic E-state index is -0.0814. The predicted octanol–water partition coefficient (Wildman–Crippen LogP) is 11.4. The molecule has 238 valence electrons. The zero-order chi connectivity index (χ0) is 33.6. The Morgan fingerprint density at radius 3 is 1.94 bits per heavy atom. The van der Waals surface area contributed by atoms with Gasteiger partial charge < -0.3 is 9.67 Å². The molecule has 5 aromatic carbocycles. The molecule has 1 N–H and O–H groups in total. The molecule has 0 aliphatic carbocycles. The van der Waals surface area contributed by atoms with Crippen LogP contribution < -0.4 is 0 Å². The quantitative estimate of drug-likeness (QED) is 0.200. The van der Waals surface area contributed by atoms with E-state index in [0.717, 1.165) is 72.6 Å². The molecule has 0 aliphatic heterocycles. The van der Waals surface area contributed by atoms with Gasteiger partial charge in [-0.25, -0.2) is 4.98 Å². The summed E-state index contributed by atoms with van der Waals surface area (Å²) in [6, 6.07) is 42.4. The number of aromatic hydroxyl groups is 1. The normalized spacial score (nSPS) is 11.8. The van der Waals surface area contributed by atoms with Gasteiger partial charge in [0.05, 0.1) is 22.3 Å². The molecular formula is C44H41N3O. The summed E-state index contributed by atoms with van der Waals surface area (Å²) in [6.45, 7) is 10.9. The molecule has 0 bridgehead atoms. The van der Waals surface area contributed by atoms with Crippen molar-refractivity contribution in [2.24, 2.45) is 7.05 Å². The number of fused-ring (bicyclic) bond motifs is 1. The van der Waals surface area contributed by atoms with Crippen LogP contribution in [0.1, 0.15) is 51.7 Å². The van der Waals surface area contributed by atoms with Crippen molar-refractivity contribution in [1.82, 2.24) is 14.5 Å². The molecule has 0 spiro atoms. The van der Waals surface area contributed by atoms with Gasteiger partial charge in [0.15, 0.2) is 0 Å². The van der Waals surface area contributed by atoms with Gasteiger partial charge in [0.1, 0.15) is 11.6 Å². The maximum Gasteiger partial charge on any atom is 0.144 e. The fraction of sp³-hybridized carbons (Fsp3) is 0.182. The highest BCUT2D eigenvalue weighted by Gasteiger charge is 2.24. The highest BCUT2D eigenvalue weighted by atomic mass is 16.3. The van der Waals surface area contributed by atoms with Crippen molar-refractivity contribution >= 4 is 11.0 Å². The summed E-state index contributed by atoms with van der Waals surface area (Å²) in [6.07, 6.45) is 1.89. The molecular weight excluding hydrogens is 587 g/mol. The highest BCUT2D eigenvalue weighted by molar-refractivity contribution is 5.96. The highest BCUT2D eigenvalue weighted by Crippen LogP contribution is 2.42. The van der Waals surface area contributed by atoms with E-state index in [4.69, 9.17) is 9.97 Å². The fourth-order valence-electron chi connectivity index (χ4n) is 6.52. The van der Waals surface area contributed by atoms with Crippen LogP contribution >= 0.6 is 0 Å². The van der Waals surface area contributed by atoms with Gasteiger partial charge in [-0.2, -0.15) is 0 Å². The van der Waals surface area contributed by atoms with Crippen LogP contribution in [0.5, 0.6) is 5.75 Å². The van der Waals surface area contributed by atoms with E-state index in [1.807, 2.05) is 25.4 Å². The Morgan fingerprint density at radius 1 is 0.625 bits per heavy atom. The monoisotopic (exact) mass is 627 g/mol. The molecule has 0 saturated heterocycles. The number of phenols is 1. The zero-order valence-electron chi connectivity index (χ0n) is 28.5. The van der Waals surface area contributed by atoms with Crippen molar-refractivity contribution in [3.63, 3.8) is 0 Å². The second kappa shape index (κ2) is 12.3. The first-order chi connectivity index (χ1) is 23.1. The Kier molecular flexibility index (Phi) is 7.96. The van der Waals surface area contributed by atoms with Crippen LogP contribution in [-0.4, -0.2) is 19.6 Å². The zero-order valence-corrected chi connectivity index (χ0v) is 28.5. The van der Waals surface area contributed by atoms with Gasteiger partial charge in [0.25, 0.3) is 0 Å². The lowest BCUT2D eigenvalue weighted by molar-refractivity contribution is 0.464. The molecule has 0 radical (unpaired) electrons. The Hall–Kier alpha value is -5.48. The van der Waals surface area contributed by atoms with Gasteiger partial charge in [-0.05, 0) is 92.7 Å². The number of phenolic OH excluding ortho intramolecular Hbond substituents is 1. The number of pyridine rings is 1. The summed E-state index contributed by atoms with van der Waals surface area (Å²) in [7, 11) is 2.04. The van der Waals surface area contributed by atoms with Crippen LogP contribution in [-0.2, 0) is 12.5 Å². The predicted molar refractivity (Wildman–Crippen MR) is 200 cm³/mol. The van der Waals surface area contributed by atoms with Gasteiger partial charge in [0.2, 0.25) is 0 Å². The van der Waals surface area contributed by atoms with Crippen molar-refractivity contribution in [1.29, 1.82) is 0 Å². The lowest BCUT2D eigenvalue weighted by Crippen LogP contribution is -2.12. The number of hydrogen-bond acceptors (Lipinski definition) is 3. The molecule has 0 saturated carbocycles. The Bertz CT molecular complexity index is 2260.